The number of halogens is 1. The Kier molecular flexibility index (Phi) is 8.42. The Labute approximate surface area is 154 Å². The van der Waals surface area contributed by atoms with Crippen LogP contribution in [0.3, 0.4) is 0 Å². The third-order valence-electron chi connectivity index (χ3n) is 3.64. The molecule has 1 amide bonds. The number of aliphatic imine (C=N–C) groups is 1. The van der Waals surface area contributed by atoms with Crippen molar-refractivity contribution in [3.63, 3.8) is 0 Å². The van der Waals surface area contributed by atoms with E-state index in [0.717, 1.165) is 17.8 Å². The number of rotatable bonds is 7. The van der Waals surface area contributed by atoms with Gasteiger partial charge in [-0.05, 0) is 44.7 Å². The van der Waals surface area contributed by atoms with Gasteiger partial charge >= 0.3 is 0 Å². The van der Waals surface area contributed by atoms with E-state index in [0.29, 0.717) is 23.9 Å². The smallest absolute Gasteiger partial charge is 0.226 e. The van der Waals surface area contributed by atoms with Crippen LogP contribution in [0, 0.1) is 6.92 Å². The van der Waals surface area contributed by atoms with Gasteiger partial charge in [0.25, 0.3) is 0 Å². The second kappa shape index (κ2) is 9.79. The number of guanidine groups is 1. The zero-order chi connectivity index (χ0) is 18.2. The first-order chi connectivity index (χ1) is 11.3. The van der Waals surface area contributed by atoms with Crippen LogP contribution in [-0.4, -0.2) is 43.0 Å². The van der Waals surface area contributed by atoms with Gasteiger partial charge in [-0.25, -0.2) is 0 Å². The van der Waals surface area contributed by atoms with Crippen molar-refractivity contribution in [1.29, 1.82) is 0 Å². The summed E-state index contributed by atoms with van der Waals surface area (Å²) < 4.78 is 0.124. The topological polar surface area (TPSA) is 65.5 Å². The molecule has 5 nitrogen and oxygen atoms in total. The number of anilines is 1. The molecule has 1 rings (SSSR count). The minimum absolute atomic E-state index is 0.0623. The highest BCUT2D eigenvalue weighted by atomic mass is 35.5. The molecule has 0 radical (unpaired) electrons. The molecule has 1 aromatic carbocycles. The lowest BCUT2D eigenvalue weighted by atomic mass is 10.2. The number of nitrogens with zero attached hydrogens (tertiary/aromatic N) is 1. The van der Waals surface area contributed by atoms with E-state index in [1.54, 1.807) is 24.9 Å². The molecule has 0 aliphatic rings. The molecule has 7 heteroatoms. The largest absolute Gasteiger partial charge is 0.356 e. The molecule has 0 spiro atoms. The zero-order valence-electron chi connectivity index (χ0n) is 15.0. The van der Waals surface area contributed by atoms with Crippen LogP contribution in [0.25, 0.3) is 0 Å². The van der Waals surface area contributed by atoms with Gasteiger partial charge in [0.15, 0.2) is 5.96 Å². The van der Waals surface area contributed by atoms with Crippen molar-refractivity contribution in [1.82, 2.24) is 10.6 Å². The number of carbonyl (C=O) groups is 1. The van der Waals surface area contributed by atoms with E-state index in [1.807, 2.05) is 19.1 Å². The molecule has 24 heavy (non-hydrogen) atoms. The summed E-state index contributed by atoms with van der Waals surface area (Å²) in [6, 6.07) is 5.47. The minimum atomic E-state index is -0.0623. The summed E-state index contributed by atoms with van der Waals surface area (Å²) in [5, 5.41) is 9.95. The van der Waals surface area contributed by atoms with Gasteiger partial charge in [-0.1, -0.05) is 17.7 Å². The Hall–Kier alpha value is -1.40. The van der Waals surface area contributed by atoms with Crippen LogP contribution in [0.2, 0.25) is 5.02 Å². The van der Waals surface area contributed by atoms with E-state index in [1.165, 1.54) is 0 Å². The Balaban J connectivity index is 2.40. The molecule has 0 aliphatic carbocycles. The molecule has 0 unspecified atom stereocenters. The molecule has 1 aromatic rings. The predicted octanol–water partition coefficient (Wildman–Crippen LogP) is 3.28. The molecule has 0 atom stereocenters. The second-order valence-electron chi connectivity index (χ2n) is 6.03. The Morgan fingerprint density at radius 1 is 1.33 bits per heavy atom. The van der Waals surface area contributed by atoms with E-state index >= 15 is 0 Å². The second-order valence-corrected chi connectivity index (χ2v) is 7.95. The highest BCUT2D eigenvalue weighted by molar-refractivity contribution is 7.99. The fraction of sp³-hybridized carbons (Fsp3) is 0.529. The monoisotopic (exact) mass is 370 g/mol. The molecule has 134 valence electrons. The lowest BCUT2D eigenvalue weighted by molar-refractivity contribution is -0.116. The highest BCUT2D eigenvalue weighted by Crippen LogP contribution is 2.23. The molecule has 0 heterocycles. The van der Waals surface area contributed by atoms with Gasteiger partial charge < -0.3 is 16.0 Å². The fourth-order valence-electron chi connectivity index (χ4n) is 1.84. The zero-order valence-corrected chi connectivity index (χ0v) is 16.6. The van der Waals surface area contributed by atoms with E-state index in [2.05, 4.69) is 41.0 Å². The van der Waals surface area contributed by atoms with Gasteiger partial charge in [-0.2, -0.15) is 11.8 Å². The van der Waals surface area contributed by atoms with Gasteiger partial charge in [-0.3, -0.25) is 9.79 Å². The van der Waals surface area contributed by atoms with Gasteiger partial charge in [0.05, 0.1) is 0 Å². The van der Waals surface area contributed by atoms with Crippen molar-refractivity contribution in [2.75, 3.05) is 31.7 Å². The summed E-state index contributed by atoms with van der Waals surface area (Å²) >= 11 is 7.85. The van der Waals surface area contributed by atoms with Gasteiger partial charge in [0.1, 0.15) is 0 Å². The van der Waals surface area contributed by atoms with E-state index in [4.69, 9.17) is 11.6 Å². The number of benzene rings is 1. The number of amides is 1. The van der Waals surface area contributed by atoms with E-state index in [-0.39, 0.29) is 10.7 Å². The van der Waals surface area contributed by atoms with Crippen molar-refractivity contribution >= 4 is 40.9 Å². The average molecular weight is 371 g/mol. The van der Waals surface area contributed by atoms with Crippen LogP contribution >= 0.6 is 23.4 Å². The maximum absolute atomic E-state index is 12.1. The van der Waals surface area contributed by atoms with Crippen molar-refractivity contribution in [3.05, 3.63) is 28.8 Å². The summed E-state index contributed by atoms with van der Waals surface area (Å²) in [6.07, 6.45) is 2.43. The molecule has 0 fully saturated rings. The van der Waals surface area contributed by atoms with Crippen molar-refractivity contribution in [2.45, 2.75) is 31.9 Å². The Bertz CT molecular complexity index is 590. The van der Waals surface area contributed by atoms with Gasteiger partial charge in [-0.15, -0.1) is 0 Å². The number of hydrogen-bond acceptors (Lipinski definition) is 3. The predicted molar refractivity (Wildman–Crippen MR) is 106 cm³/mol. The third-order valence-corrected chi connectivity index (χ3v) is 5.30. The van der Waals surface area contributed by atoms with Crippen LogP contribution in [0.15, 0.2) is 23.2 Å². The number of thioether (sulfide) groups is 1. The average Bonchev–Trinajstić information content (AvgIpc) is 2.55. The molecule has 3 N–H and O–H groups in total. The number of carbonyl (C=O) groups excluding carboxylic acids is 1. The lowest BCUT2D eigenvalue weighted by Crippen LogP contribution is -2.44. The lowest BCUT2D eigenvalue weighted by Gasteiger charge is -2.23. The van der Waals surface area contributed by atoms with Gasteiger partial charge in [0.2, 0.25) is 5.91 Å². The van der Waals surface area contributed by atoms with Crippen molar-refractivity contribution in [2.24, 2.45) is 4.99 Å². The first-order valence-electron chi connectivity index (χ1n) is 7.83. The van der Waals surface area contributed by atoms with Crippen molar-refractivity contribution < 1.29 is 4.79 Å². The van der Waals surface area contributed by atoms with Crippen LogP contribution in [-0.2, 0) is 4.79 Å². The van der Waals surface area contributed by atoms with Gasteiger partial charge in [0, 0.05) is 42.0 Å². The fourth-order valence-corrected chi connectivity index (χ4v) is 2.23. The quantitative estimate of drug-likeness (QED) is 0.509. The first-order valence-corrected chi connectivity index (χ1v) is 9.44. The van der Waals surface area contributed by atoms with Crippen LogP contribution in [0.4, 0.5) is 5.69 Å². The standard InChI is InChI=1S/C17H27ClN4OS/c1-12-13(18)7-6-8-14(12)22-15(23)9-10-20-16(19-4)21-11-17(2,3)24-5/h6-8H,9-11H2,1-5H3,(H,22,23)(H2,19,20,21). The number of hydrogen-bond donors (Lipinski definition) is 3. The summed E-state index contributed by atoms with van der Waals surface area (Å²) in [5.41, 5.74) is 1.62. The van der Waals surface area contributed by atoms with E-state index < -0.39 is 0 Å². The normalized spacial score (nSPS) is 12.0. The first kappa shape index (κ1) is 20.6. The van der Waals surface area contributed by atoms with Crippen LogP contribution in [0.1, 0.15) is 25.8 Å². The molecule has 0 aromatic heterocycles. The highest BCUT2D eigenvalue weighted by Gasteiger charge is 2.16. The molecular formula is C17H27ClN4OS. The van der Waals surface area contributed by atoms with E-state index in [9.17, 15) is 4.79 Å². The maximum Gasteiger partial charge on any atom is 0.226 e. The molecular weight excluding hydrogens is 344 g/mol. The Morgan fingerprint density at radius 2 is 2.04 bits per heavy atom. The minimum Gasteiger partial charge on any atom is -0.356 e. The number of nitrogens with one attached hydrogen (secondary N) is 3. The third kappa shape index (κ3) is 7.01. The summed E-state index contributed by atoms with van der Waals surface area (Å²) in [5.74, 6) is 0.636. The molecule has 0 bridgehead atoms. The molecule has 0 saturated heterocycles. The molecule has 0 aliphatic heterocycles. The SMILES string of the molecule is CN=C(NCCC(=O)Nc1cccc(Cl)c1C)NCC(C)(C)SC. The maximum atomic E-state index is 12.1. The molecule has 0 saturated carbocycles. The summed E-state index contributed by atoms with van der Waals surface area (Å²) in [7, 11) is 1.72. The van der Waals surface area contributed by atoms with Crippen molar-refractivity contribution in [3.8, 4) is 0 Å². The Morgan fingerprint density at radius 3 is 2.67 bits per heavy atom. The van der Waals surface area contributed by atoms with Crippen LogP contribution in [0.5, 0.6) is 0 Å². The summed E-state index contributed by atoms with van der Waals surface area (Å²) in [4.78, 5) is 16.2. The summed E-state index contributed by atoms with van der Waals surface area (Å²) in [6.45, 7) is 7.51. The van der Waals surface area contributed by atoms with Crippen LogP contribution < -0.4 is 16.0 Å².